The number of hydrogen-bond acceptors (Lipinski definition) is 4. The normalized spacial score (nSPS) is 26.3. The minimum atomic E-state index is 0.549. The van der Waals surface area contributed by atoms with Crippen LogP contribution in [0.15, 0.2) is 24.8 Å². The molecule has 1 saturated heterocycles. The van der Waals surface area contributed by atoms with Gasteiger partial charge in [-0.25, -0.2) is 9.97 Å². The SMILES string of the molecule is c1cc2c(ncc3ncn([C@H]4CC[C@H](N5CCOCC5)CC4)c32)[nH]1. The summed E-state index contributed by atoms with van der Waals surface area (Å²) in [5, 5.41) is 1.18. The van der Waals surface area contributed by atoms with Gasteiger partial charge in [0.25, 0.3) is 0 Å². The van der Waals surface area contributed by atoms with Gasteiger partial charge in [0.15, 0.2) is 0 Å². The van der Waals surface area contributed by atoms with Crippen molar-refractivity contribution in [3.63, 3.8) is 0 Å². The maximum Gasteiger partial charge on any atom is 0.139 e. The van der Waals surface area contributed by atoms with Crippen molar-refractivity contribution in [3.05, 3.63) is 24.8 Å². The van der Waals surface area contributed by atoms with Gasteiger partial charge in [0.1, 0.15) is 11.2 Å². The Kier molecular flexibility index (Phi) is 3.52. The van der Waals surface area contributed by atoms with E-state index in [-0.39, 0.29) is 0 Å². The highest BCUT2D eigenvalue weighted by Crippen LogP contribution is 2.34. The van der Waals surface area contributed by atoms with Crippen molar-refractivity contribution < 1.29 is 4.74 Å². The molecule has 3 aromatic heterocycles. The second-order valence-electron chi connectivity index (χ2n) is 6.99. The third kappa shape index (κ3) is 2.32. The monoisotopic (exact) mass is 325 g/mol. The summed E-state index contributed by atoms with van der Waals surface area (Å²) in [5.41, 5.74) is 3.18. The van der Waals surface area contributed by atoms with Crippen LogP contribution in [-0.2, 0) is 4.74 Å². The van der Waals surface area contributed by atoms with E-state index in [9.17, 15) is 0 Å². The average Bonchev–Trinajstić information content (AvgIpc) is 3.29. The van der Waals surface area contributed by atoms with Crippen molar-refractivity contribution in [2.24, 2.45) is 0 Å². The molecule has 126 valence electrons. The zero-order valence-electron chi connectivity index (χ0n) is 13.8. The van der Waals surface area contributed by atoms with E-state index in [2.05, 4.69) is 30.5 Å². The maximum absolute atomic E-state index is 5.49. The molecule has 0 atom stereocenters. The molecule has 2 fully saturated rings. The third-order valence-electron chi connectivity index (χ3n) is 5.74. The number of aromatic nitrogens is 4. The van der Waals surface area contributed by atoms with Crippen molar-refractivity contribution in [1.82, 2.24) is 24.4 Å². The van der Waals surface area contributed by atoms with Crippen molar-refractivity contribution in [1.29, 1.82) is 0 Å². The molecule has 1 aliphatic carbocycles. The zero-order chi connectivity index (χ0) is 15.9. The second-order valence-corrected chi connectivity index (χ2v) is 6.99. The standard InChI is InChI=1S/C18H23N5O/c1-3-14(4-2-13(1)22-7-9-24-10-8-22)23-12-21-16-11-20-18-15(17(16)23)5-6-19-18/h5-6,11-14H,1-4,7-10H2,(H,19,20)/t13-,14-. The van der Waals surface area contributed by atoms with Gasteiger partial charge in [-0.2, -0.15) is 0 Å². The molecule has 6 heteroatoms. The minimum absolute atomic E-state index is 0.549. The Morgan fingerprint density at radius 1 is 1.04 bits per heavy atom. The smallest absolute Gasteiger partial charge is 0.139 e. The van der Waals surface area contributed by atoms with Gasteiger partial charge >= 0.3 is 0 Å². The first-order valence-corrected chi connectivity index (χ1v) is 9.00. The molecule has 3 aromatic rings. The van der Waals surface area contributed by atoms with Crippen LogP contribution in [0.3, 0.4) is 0 Å². The minimum Gasteiger partial charge on any atom is -0.379 e. The molecular formula is C18H23N5O. The number of pyridine rings is 1. The molecule has 6 nitrogen and oxygen atoms in total. The summed E-state index contributed by atoms with van der Waals surface area (Å²) in [7, 11) is 0. The van der Waals surface area contributed by atoms with Crippen LogP contribution in [0.1, 0.15) is 31.7 Å². The van der Waals surface area contributed by atoms with Crippen molar-refractivity contribution in [2.75, 3.05) is 26.3 Å². The Morgan fingerprint density at radius 2 is 1.83 bits per heavy atom. The number of imidazole rings is 1. The van der Waals surface area contributed by atoms with E-state index in [1.807, 2.05) is 18.7 Å². The van der Waals surface area contributed by atoms with Crippen molar-refractivity contribution >= 4 is 22.1 Å². The van der Waals surface area contributed by atoms with Crippen molar-refractivity contribution in [3.8, 4) is 0 Å². The molecule has 1 N–H and O–H groups in total. The van der Waals surface area contributed by atoms with Crippen LogP contribution in [0, 0.1) is 0 Å². The summed E-state index contributed by atoms with van der Waals surface area (Å²) in [4.78, 5) is 14.9. The molecule has 0 amide bonds. The molecular weight excluding hydrogens is 302 g/mol. The molecule has 24 heavy (non-hydrogen) atoms. The fraction of sp³-hybridized carbons (Fsp3) is 0.556. The van der Waals surface area contributed by atoms with Crippen LogP contribution >= 0.6 is 0 Å². The summed E-state index contributed by atoms with van der Waals surface area (Å²) in [5.74, 6) is 0. The number of ether oxygens (including phenoxy) is 1. The Balaban J connectivity index is 1.40. The number of morpholine rings is 1. The molecule has 0 spiro atoms. The molecule has 5 rings (SSSR count). The van der Waals surface area contributed by atoms with Crippen LogP contribution in [-0.4, -0.2) is 56.8 Å². The number of fused-ring (bicyclic) bond motifs is 3. The first kappa shape index (κ1) is 14.4. The van der Waals surface area contributed by atoms with Gasteiger partial charge in [-0.15, -0.1) is 0 Å². The topological polar surface area (TPSA) is 59.0 Å². The highest BCUT2D eigenvalue weighted by Gasteiger charge is 2.28. The fourth-order valence-electron chi connectivity index (χ4n) is 4.45. The predicted octanol–water partition coefficient (Wildman–Crippen LogP) is 2.73. The molecule has 0 aromatic carbocycles. The Morgan fingerprint density at radius 3 is 2.67 bits per heavy atom. The summed E-state index contributed by atoms with van der Waals surface area (Å²) >= 11 is 0. The number of H-pyrrole nitrogens is 1. The van der Waals surface area contributed by atoms with E-state index in [0.29, 0.717) is 6.04 Å². The van der Waals surface area contributed by atoms with E-state index in [4.69, 9.17) is 4.74 Å². The molecule has 4 heterocycles. The predicted molar refractivity (Wildman–Crippen MR) is 93.1 cm³/mol. The lowest BCUT2D eigenvalue weighted by molar-refractivity contribution is 0.00558. The van der Waals surface area contributed by atoms with Gasteiger partial charge in [-0.1, -0.05) is 0 Å². The maximum atomic E-state index is 5.49. The van der Waals surface area contributed by atoms with Crippen molar-refractivity contribution in [2.45, 2.75) is 37.8 Å². The second kappa shape index (κ2) is 5.86. The van der Waals surface area contributed by atoms with E-state index >= 15 is 0 Å². The lowest BCUT2D eigenvalue weighted by atomic mass is 9.89. The van der Waals surface area contributed by atoms with Crippen LogP contribution in [0.2, 0.25) is 0 Å². The van der Waals surface area contributed by atoms with E-state index in [0.717, 1.165) is 43.5 Å². The highest BCUT2D eigenvalue weighted by molar-refractivity contribution is 6.00. The van der Waals surface area contributed by atoms with Gasteiger partial charge in [0, 0.05) is 36.8 Å². The number of hydrogen-bond donors (Lipinski definition) is 1. The third-order valence-corrected chi connectivity index (χ3v) is 5.74. The molecule has 0 radical (unpaired) electrons. The number of nitrogens with zero attached hydrogens (tertiary/aromatic N) is 4. The summed E-state index contributed by atoms with van der Waals surface area (Å²) in [6.45, 7) is 3.98. The fourth-order valence-corrected chi connectivity index (χ4v) is 4.45. The largest absolute Gasteiger partial charge is 0.379 e. The number of aromatic amines is 1. The molecule has 0 unspecified atom stereocenters. The first-order chi connectivity index (χ1) is 11.9. The van der Waals surface area contributed by atoms with Gasteiger partial charge in [0.2, 0.25) is 0 Å². The van der Waals surface area contributed by atoms with E-state index in [1.165, 1.54) is 36.6 Å². The molecule has 0 bridgehead atoms. The van der Waals surface area contributed by atoms with Crippen LogP contribution in [0.4, 0.5) is 0 Å². The molecule has 1 saturated carbocycles. The Hall–Kier alpha value is -1.92. The van der Waals surface area contributed by atoms with Gasteiger partial charge < -0.3 is 14.3 Å². The number of rotatable bonds is 2. The molecule has 2 aliphatic rings. The lowest BCUT2D eigenvalue weighted by Gasteiger charge is -2.39. The Labute approximate surface area is 140 Å². The first-order valence-electron chi connectivity index (χ1n) is 9.00. The van der Waals surface area contributed by atoms with Crippen LogP contribution in [0.25, 0.3) is 22.1 Å². The van der Waals surface area contributed by atoms with Crippen LogP contribution < -0.4 is 0 Å². The average molecular weight is 325 g/mol. The van der Waals surface area contributed by atoms with Gasteiger partial charge in [-0.05, 0) is 31.7 Å². The number of nitrogens with one attached hydrogen (secondary N) is 1. The summed E-state index contributed by atoms with van der Waals surface area (Å²) in [6, 6.07) is 3.39. The van der Waals surface area contributed by atoms with Gasteiger partial charge in [-0.3, -0.25) is 4.90 Å². The lowest BCUT2D eigenvalue weighted by Crippen LogP contribution is -2.45. The van der Waals surface area contributed by atoms with Gasteiger partial charge in [0.05, 0.1) is 31.3 Å². The highest BCUT2D eigenvalue weighted by atomic mass is 16.5. The van der Waals surface area contributed by atoms with Crippen LogP contribution in [0.5, 0.6) is 0 Å². The summed E-state index contributed by atoms with van der Waals surface area (Å²) < 4.78 is 7.88. The van der Waals surface area contributed by atoms with E-state index in [1.54, 1.807) is 0 Å². The summed E-state index contributed by atoms with van der Waals surface area (Å²) in [6.07, 6.45) is 10.8. The van der Waals surface area contributed by atoms with E-state index < -0.39 is 0 Å². The Bertz CT molecular complexity index is 839. The quantitative estimate of drug-likeness (QED) is 0.787. The zero-order valence-corrected chi connectivity index (χ0v) is 13.8. The molecule has 1 aliphatic heterocycles.